The molecule has 27 heavy (non-hydrogen) atoms. The van der Waals surface area contributed by atoms with Crippen LogP contribution in [0, 0.1) is 0 Å². The number of ether oxygens (including phenoxy) is 1. The van der Waals surface area contributed by atoms with E-state index in [1.54, 1.807) is 24.3 Å². The molecule has 0 spiro atoms. The Labute approximate surface area is 164 Å². The summed E-state index contributed by atoms with van der Waals surface area (Å²) in [5, 5.41) is 14.7. The van der Waals surface area contributed by atoms with Crippen LogP contribution in [0.1, 0.15) is 10.4 Å². The molecule has 138 valence electrons. The topological polar surface area (TPSA) is 93.2 Å². The number of methoxy groups -OCH3 is 1. The lowest BCUT2D eigenvalue weighted by Gasteiger charge is -2.05. The van der Waals surface area contributed by atoms with Gasteiger partial charge in [-0.25, -0.2) is 4.79 Å². The normalized spacial score (nSPS) is 10.3. The molecule has 3 aromatic rings. The van der Waals surface area contributed by atoms with Gasteiger partial charge in [-0.15, -0.1) is 10.2 Å². The van der Waals surface area contributed by atoms with Crippen molar-refractivity contribution < 1.29 is 14.3 Å². The molecule has 0 fully saturated rings. The summed E-state index contributed by atoms with van der Waals surface area (Å²) in [5.41, 5.74) is 1.97. The summed E-state index contributed by atoms with van der Waals surface area (Å²) in [7, 11) is 1.32. The van der Waals surface area contributed by atoms with Crippen molar-refractivity contribution in [3.8, 4) is 0 Å². The number of benzene rings is 2. The Morgan fingerprint density at radius 3 is 2.48 bits per heavy atom. The molecule has 0 bridgehead atoms. The van der Waals surface area contributed by atoms with Crippen LogP contribution in [-0.4, -0.2) is 34.9 Å². The number of carbonyl (C=O) groups excluding carboxylic acids is 2. The number of carbonyl (C=O) groups is 2. The molecule has 1 heterocycles. The molecular formula is C18H16N4O3S2. The van der Waals surface area contributed by atoms with Gasteiger partial charge in [0, 0.05) is 11.4 Å². The van der Waals surface area contributed by atoms with Gasteiger partial charge < -0.3 is 15.4 Å². The van der Waals surface area contributed by atoms with Gasteiger partial charge in [0.25, 0.3) is 0 Å². The van der Waals surface area contributed by atoms with E-state index in [1.165, 1.54) is 30.2 Å². The fourth-order valence-electron chi connectivity index (χ4n) is 2.10. The smallest absolute Gasteiger partial charge is 0.337 e. The Bertz CT molecular complexity index is 914. The van der Waals surface area contributed by atoms with Crippen LogP contribution in [0.25, 0.3) is 0 Å². The molecule has 3 rings (SSSR count). The van der Waals surface area contributed by atoms with Gasteiger partial charge in [-0.3, -0.25) is 4.79 Å². The first-order valence-corrected chi connectivity index (χ1v) is 9.71. The summed E-state index contributed by atoms with van der Waals surface area (Å²) in [4.78, 5) is 23.5. The van der Waals surface area contributed by atoms with E-state index >= 15 is 0 Å². The highest BCUT2D eigenvalue weighted by Gasteiger charge is 2.10. The van der Waals surface area contributed by atoms with Gasteiger partial charge in [-0.2, -0.15) is 0 Å². The summed E-state index contributed by atoms with van der Waals surface area (Å²) in [6, 6.07) is 16.2. The zero-order valence-electron chi connectivity index (χ0n) is 14.3. The maximum atomic E-state index is 12.1. The molecule has 0 saturated carbocycles. The number of esters is 1. The largest absolute Gasteiger partial charge is 0.465 e. The Kier molecular flexibility index (Phi) is 6.39. The maximum Gasteiger partial charge on any atom is 0.337 e. The molecule has 0 aliphatic rings. The number of aromatic nitrogens is 2. The number of hydrogen-bond donors (Lipinski definition) is 2. The molecule has 0 atom stereocenters. The average molecular weight is 400 g/mol. The summed E-state index contributed by atoms with van der Waals surface area (Å²) in [6.07, 6.45) is 0. The molecule has 2 aromatic carbocycles. The highest BCUT2D eigenvalue weighted by atomic mass is 32.2. The van der Waals surface area contributed by atoms with Crippen molar-refractivity contribution in [1.82, 2.24) is 10.2 Å². The van der Waals surface area contributed by atoms with Crippen molar-refractivity contribution >= 4 is 51.5 Å². The van der Waals surface area contributed by atoms with Crippen molar-refractivity contribution in [3.63, 3.8) is 0 Å². The molecular weight excluding hydrogens is 384 g/mol. The van der Waals surface area contributed by atoms with E-state index in [9.17, 15) is 9.59 Å². The number of amides is 1. The number of nitrogens with one attached hydrogen (secondary N) is 2. The van der Waals surface area contributed by atoms with Crippen LogP contribution in [0.2, 0.25) is 0 Å². The zero-order chi connectivity index (χ0) is 19.1. The fraction of sp³-hybridized carbons (Fsp3) is 0.111. The van der Waals surface area contributed by atoms with Gasteiger partial charge in [0.15, 0.2) is 4.34 Å². The molecule has 0 unspecified atom stereocenters. The Hall–Kier alpha value is -2.91. The predicted molar refractivity (Wildman–Crippen MR) is 107 cm³/mol. The molecule has 2 N–H and O–H groups in total. The second kappa shape index (κ2) is 9.15. The first kappa shape index (κ1) is 18.9. The first-order valence-electron chi connectivity index (χ1n) is 7.90. The Morgan fingerprint density at radius 2 is 1.78 bits per heavy atom. The third-order valence-corrected chi connectivity index (χ3v) is 5.32. The van der Waals surface area contributed by atoms with Gasteiger partial charge in [-0.05, 0) is 36.4 Å². The summed E-state index contributed by atoms with van der Waals surface area (Å²) in [6.45, 7) is 0. The predicted octanol–water partition coefficient (Wildman–Crippen LogP) is 3.80. The summed E-state index contributed by atoms with van der Waals surface area (Å²) < 4.78 is 5.34. The highest BCUT2D eigenvalue weighted by molar-refractivity contribution is 8.01. The molecule has 9 heteroatoms. The third-order valence-electron chi connectivity index (χ3n) is 3.35. The number of para-hydroxylation sites is 1. The van der Waals surface area contributed by atoms with Crippen molar-refractivity contribution in [2.45, 2.75) is 4.34 Å². The molecule has 0 radical (unpaired) electrons. The van der Waals surface area contributed by atoms with E-state index in [1.807, 2.05) is 30.3 Å². The lowest BCUT2D eigenvalue weighted by atomic mass is 10.2. The lowest BCUT2D eigenvalue weighted by molar-refractivity contribution is -0.113. The molecule has 0 aliphatic heterocycles. The van der Waals surface area contributed by atoms with E-state index in [-0.39, 0.29) is 11.7 Å². The maximum absolute atomic E-state index is 12.1. The molecule has 7 nitrogen and oxygen atoms in total. The van der Waals surface area contributed by atoms with E-state index < -0.39 is 5.97 Å². The van der Waals surface area contributed by atoms with Gasteiger partial charge in [0.1, 0.15) is 0 Å². The van der Waals surface area contributed by atoms with Crippen molar-refractivity contribution in [2.75, 3.05) is 23.5 Å². The fourth-order valence-corrected chi connectivity index (χ4v) is 3.67. The van der Waals surface area contributed by atoms with Crippen LogP contribution < -0.4 is 10.6 Å². The second-order valence-electron chi connectivity index (χ2n) is 5.27. The number of rotatable bonds is 7. The first-order chi connectivity index (χ1) is 13.1. The van der Waals surface area contributed by atoms with Crippen molar-refractivity contribution in [3.05, 3.63) is 60.2 Å². The standard InChI is InChI=1S/C18H16N4O3S2/c1-25-16(24)12-7-9-14(10-8-12)19-15(23)11-26-18-22-21-17(27-18)20-13-5-3-2-4-6-13/h2-10H,11H2,1H3,(H,19,23)(H,20,21). The molecule has 0 saturated heterocycles. The van der Waals surface area contributed by atoms with Gasteiger partial charge in [0.05, 0.1) is 18.4 Å². The lowest BCUT2D eigenvalue weighted by Crippen LogP contribution is -2.14. The van der Waals surface area contributed by atoms with Gasteiger partial charge >= 0.3 is 5.97 Å². The van der Waals surface area contributed by atoms with Crippen LogP contribution in [-0.2, 0) is 9.53 Å². The van der Waals surface area contributed by atoms with Crippen molar-refractivity contribution in [1.29, 1.82) is 0 Å². The van der Waals surface area contributed by atoms with Gasteiger partial charge in [-0.1, -0.05) is 41.3 Å². The second-order valence-corrected chi connectivity index (χ2v) is 7.47. The number of anilines is 3. The van der Waals surface area contributed by atoms with Crippen LogP contribution in [0.3, 0.4) is 0 Å². The molecule has 1 amide bonds. The number of hydrogen-bond acceptors (Lipinski definition) is 8. The molecule has 1 aromatic heterocycles. The highest BCUT2D eigenvalue weighted by Crippen LogP contribution is 2.27. The average Bonchev–Trinajstić information content (AvgIpc) is 3.14. The van der Waals surface area contributed by atoms with E-state index in [0.29, 0.717) is 20.7 Å². The third kappa shape index (κ3) is 5.53. The van der Waals surface area contributed by atoms with Crippen LogP contribution >= 0.6 is 23.1 Å². The Morgan fingerprint density at radius 1 is 1.04 bits per heavy atom. The number of thioether (sulfide) groups is 1. The SMILES string of the molecule is COC(=O)c1ccc(NC(=O)CSc2nnc(Nc3ccccc3)s2)cc1. The Balaban J connectivity index is 1.48. The van der Waals surface area contributed by atoms with Gasteiger partial charge in [0.2, 0.25) is 11.0 Å². The minimum Gasteiger partial charge on any atom is -0.465 e. The summed E-state index contributed by atoms with van der Waals surface area (Å²) in [5.74, 6) is -0.378. The van der Waals surface area contributed by atoms with E-state index in [4.69, 9.17) is 0 Å². The summed E-state index contributed by atoms with van der Waals surface area (Å²) >= 11 is 2.69. The van der Waals surface area contributed by atoms with E-state index in [0.717, 1.165) is 5.69 Å². The quantitative estimate of drug-likeness (QED) is 0.460. The minimum absolute atomic E-state index is 0.168. The minimum atomic E-state index is -0.417. The monoisotopic (exact) mass is 400 g/mol. The van der Waals surface area contributed by atoms with Crippen LogP contribution in [0.15, 0.2) is 58.9 Å². The number of nitrogens with zero attached hydrogens (tertiary/aromatic N) is 2. The van der Waals surface area contributed by atoms with Crippen molar-refractivity contribution in [2.24, 2.45) is 0 Å². The van der Waals surface area contributed by atoms with E-state index in [2.05, 4.69) is 25.6 Å². The molecule has 0 aliphatic carbocycles. The van der Waals surface area contributed by atoms with Crippen LogP contribution in [0.4, 0.5) is 16.5 Å². The van der Waals surface area contributed by atoms with Crippen LogP contribution in [0.5, 0.6) is 0 Å². The zero-order valence-corrected chi connectivity index (χ0v) is 16.0.